The Balaban J connectivity index is 1.77. The molecule has 150 valence electrons. The molecule has 0 spiro atoms. The topological polar surface area (TPSA) is 62.6 Å². The first-order valence-corrected chi connectivity index (χ1v) is 9.96. The third-order valence-electron chi connectivity index (χ3n) is 5.15. The quantitative estimate of drug-likeness (QED) is 0.619. The highest BCUT2D eigenvalue weighted by Gasteiger charge is 2.09. The molecule has 0 aliphatic carbocycles. The van der Waals surface area contributed by atoms with E-state index in [1.807, 2.05) is 38.1 Å². The summed E-state index contributed by atoms with van der Waals surface area (Å²) in [5.74, 6) is -0.435. The first kappa shape index (κ1) is 21.6. The zero-order chi connectivity index (χ0) is 20.5. The molecule has 5 heteroatoms. The van der Waals surface area contributed by atoms with Gasteiger partial charge in [-0.15, -0.1) is 0 Å². The predicted octanol–water partition coefficient (Wildman–Crippen LogP) is 1.77. The molecule has 0 bridgehead atoms. The van der Waals surface area contributed by atoms with Crippen molar-refractivity contribution in [1.29, 1.82) is 0 Å². The summed E-state index contributed by atoms with van der Waals surface area (Å²) in [5.41, 5.74) is 5.12. The molecule has 0 fully saturated rings. The van der Waals surface area contributed by atoms with Crippen molar-refractivity contribution < 1.29 is 14.5 Å². The van der Waals surface area contributed by atoms with Crippen LogP contribution < -0.4 is 15.5 Å². The smallest absolute Gasteiger partial charge is 0.251 e. The maximum absolute atomic E-state index is 12.2. The summed E-state index contributed by atoms with van der Waals surface area (Å²) < 4.78 is 0. The van der Waals surface area contributed by atoms with E-state index in [1.54, 1.807) is 11.0 Å². The Morgan fingerprint density at radius 3 is 2.11 bits per heavy atom. The first-order valence-electron chi connectivity index (χ1n) is 9.96. The van der Waals surface area contributed by atoms with Gasteiger partial charge in [-0.1, -0.05) is 30.3 Å². The van der Waals surface area contributed by atoms with Crippen LogP contribution in [0.25, 0.3) is 0 Å². The Labute approximate surface area is 168 Å². The van der Waals surface area contributed by atoms with Crippen LogP contribution in [0.5, 0.6) is 0 Å². The van der Waals surface area contributed by atoms with Crippen molar-refractivity contribution in [3.8, 4) is 0 Å². The van der Waals surface area contributed by atoms with Crippen LogP contribution in [0.4, 0.5) is 0 Å². The number of carbonyl (C=O) groups is 2. The molecule has 0 heterocycles. The number of benzene rings is 2. The van der Waals surface area contributed by atoms with Gasteiger partial charge in [0.1, 0.15) is 6.54 Å². The number of amides is 2. The molecule has 5 nitrogen and oxygen atoms in total. The molecule has 28 heavy (non-hydrogen) atoms. The minimum absolute atomic E-state index is 0.0326. The maximum Gasteiger partial charge on any atom is 0.251 e. The van der Waals surface area contributed by atoms with Crippen LogP contribution in [0, 0.1) is 13.8 Å². The van der Waals surface area contributed by atoms with E-state index < -0.39 is 0 Å². The lowest BCUT2D eigenvalue weighted by atomic mass is 10.1. The van der Waals surface area contributed by atoms with Crippen molar-refractivity contribution in [3.05, 3.63) is 70.3 Å². The molecule has 2 amide bonds. The summed E-state index contributed by atoms with van der Waals surface area (Å²) in [6.07, 6.45) is 0. The van der Waals surface area contributed by atoms with Crippen LogP contribution in [0.3, 0.4) is 0 Å². The number of nitrogens with one attached hydrogen (secondary N) is 3. The van der Waals surface area contributed by atoms with Crippen molar-refractivity contribution in [2.45, 2.75) is 40.8 Å². The molecule has 2 aromatic rings. The number of aryl methyl sites for hydroxylation is 2. The minimum atomic E-state index is -0.235. The Bertz CT molecular complexity index is 796. The zero-order valence-corrected chi connectivity index (χ0v) is 17.4. The summed E-state index contributed by atoms with van der Waals surface area (Å²) in [5, 5.41) is 5.52. The SMILES string of the molecule is CC[NH+](CC)Cc1ccc(CNC(=O)CNC(=O)c2ccc(C)c(C)c2)cc1. The van der Waals surface area contributed by atoms with Gasteiger partial charge >= 0.3 is 0 Å². The lowest BCUT2D eigenvalue weighted by molar-refractivity contribution is -0.910. The molecule has 0 radical (unpaired) electrons. The van der Waals surface area contributed by atoms with Crippen molar-refractivity contribution in [2.75, 3.05) is 19.6 Å². The van der Waals surface area contributed by atoms with Crippen LogP contribution in [0.2, 0.25) is 0 Å². The van der Waals surface area contributed by atoms with Gasteiger partial charge in [-0.2, -0.15) is 0 Å². The average Bonchev–Trinajstić information content (AvgIpc) is 2.71. The molecule has 2 rings (SSSR count). The lowest BCUT2D eigenvalue weighted by Gasteiger charge is -2.15. The van der Waals surface area contributed by atoms with E-state index in [2.05, 4.69) is 36.6 Å². The third-order valence-corrected chi connectivity index (χ3v) is 5.15. The Hall–Kier alpha value is -2.66. The summed E-state index contributed by atoms with van der Waals surface area (Å²) in [7, 11) is 0. The molecule has 0 aliphatic rings. The second kappa shape index (κ2) is 10.6. The van der Waals surface area contributed by atoms with Crippen LogP contribution >= 0.6 is 0 Å². The second-order valence-corrected chi connectivity index (χ2v) is 7.21. The predicted molar refractivity (Wildman–Crippen MR) is 112 cm³/mol. The number of rotatable bonds is 9. The van der Waals surface area contributed by atoms with Gasteiger partial charge in [0.25, 0.3) is 5.91 Å². The number of hydrogen-bond donors (Lipinski definition) is 3. The molecular formula is C23H32N3O2+. The van der Waals surface area contributed by atoms with Gasteiger partial charge in [-0.05, 0) is 56.5 Å². The maximum atomic E-state index is 12.2. The van der Waals surface area contributed by atoms with Gasteiger partial charge in [0.15, 0.2) is 0 Å². The molecule has 2 aromatic carbocycles. The minimum Gasteiger partial charge on any atom is -0.350 e. The highest BCUT2D eigenvalue weighted by atomic mass is 16.2. The van der Waals surface area contributed by atoms with E-state index in [0.717, 1.165) is 36.3 Å². The van der Waals surface area contributed by atoms with E-state index >= 15 is 0 Å². The fourth-order valence-electron chi connectivity index (χ4n) is 2.97. The Kier molecular flexibility index (Phi) is 8.20. The third kappa shape index (κ3) is 6.50. The second-order valence-electron chi connectivity index (χ2n) is 7.21. The van der Waals surface area contributed by atoms with Crippen molar-refractivity contribution in [3.63, 3.8) is 0 Å². The van der Waals surface area contributed by atoms with Gasteiger partial charge in [-0.25, -0.2) is 0 Å². The van der Waals surface area contributed by atoms with E-state index in [4.69, 9.17) is 0 Å². The Morgan fingerprint density at radius 2 is 1.50 bits per heavy atom. The summed E-state index contributed by atoms with van der Waals surface area (Å²) in [6.45, 7) is 12.0. The molecule has 0 unspecified atom stereocenters. The van der Waals surface area contributed by atoms with Gasteiger partial charge < -0.3 is 15.5 Å². The fraction of sp³-hybridized carbons (Fsp3) is 0.391. The van der Waals surface area contributed by atoms with Crippen molar-refractivity contribution in [1.82, 2.24) is 10.6 Å². The van der Waals surface area contributed by atoms with Crippen LogP contribution in [0.1, 0.15) is 46.5 Å². The normalized spacial score (nSPS) is 10.8. The summed E-state index contributed by atoms with van der Waals surface area (Å²) in [6, 6.07) is 13.9. The van der Waals surface area contributed by atoms with Crippen molar-refractivity contribution in [2.24, 2.45) is 0 Å². The molecule has 0 saturated heterocycles. The van der Waals surface area contributed by atoms with Crippen LogP contribution in [0.15, 0.2) is 42.5 Å². The van der Waals surface area contributed by atoms with Gasteiger partial charge in [0, 0.05) is 17.7 Å². The molecular weight excluding hydrogens is 350 g/mol. The van der Waals surface area contributed by atoms with E-state index in [0.29, 0.717) is 12.1 Å². The highest BCUT2D eigenvalue weighted by molar-refractivity contribution is 5.96. The Morgan fingerprint density at radius 1 is 0.857 bits per heavy atom. The number of hydrogen-bond acceptors (Lipinski definition) is 2. The van der Waals surface area contributed by atoms with Crippen LogP contribution in [-0.4, -0.2) is 31.4 Å². The monoisotopic (exact) mass is 382 g/mol. The lowest BCUT2D eigenvalue weighted by Crippen LogP contribution is -3.10. The molecule has 0 saturated carbocycles. The molecule has 3 N–H and O–H groups in total. The molecule has 0 aromatic heterocycles. The van der Waals surface area contributed by atoms with Crippen LogP contribution in [-0.2, 0) is 17.9 Å². The number of quaternary nitrogens is 1. The van der Waals surface area contributed by atoms with Gasteiger partial charge in [-0.3, -0.25) is 9.59 Å². The summed E-state index contributed by atoms with van der Waals surface area (Å²) >= 11 is 0. The fourth-order valence-corrected chi connectivity index (χ4v) is 2.97. The van der Waals surface area contributed by atoms with E-state index in [9.17, 15) is 9.59 Å². The molecule has 0 atom stereocenters. The first-order chi connectivity index (χ1) is 13.4. The standard InChI is InChI=1S/C23H31N3O2/c1-5-26(6-2)16-20-10-8-19(9-11-20)14-24-22(27)15-25-23(28)21-12-7-17(3)18(4)13-21/h7-13H,5-6,14-16H2,1-4H3,(H,24,27)(H,25,28)/p+1. The summed E-state index contributed by atoms with van der Waals surface area (Å²) in [4.78, 5) is 25.7. The van der Waals surface area contributed by atoms with E-state index in [1.165, 1.54) is 5.56 Å². The largest absolute Gasteiger partial charge is 0.350 e. The highest BCUT2D eigenvalue weighted by Crippen LogP contribution is 2.09. The van der Waals surface area contributed by atoms with E-state index in [-0.39, 0.29) is 18.4 Å². The number of carbonyl (C=O) groups excluding carboxylic acids is 2. The average molecular weight is 383 g/mol. The van der Waals surface area contributed by atoms with Gasteiger partial charge in [0.05, 0.1) is 19.6 Å². The van der Waals surface area contributed by atoms with Gasteiger partial charge in [0.2, 0.25) is 5.91 Å². The molecule has 0 aliphatic heterocycles. The zero-order valence-electron chi connectivity index (χ0n) is 17.4. The van der Waals surface area contributed by atoms with Crippen molar-refractivity contribution >= 4 is 11.8 Å².